The highest BCUT2D eigenvalue weighted by Crippen LogP contribution is 2.39. The van der Waals surface area contributed by atoms with Gasteiger partial charge in [0.15, 0.2) is 0 Å². The van der Waals surface area contributed by atoms with Gasteiger partial charge in [0.2, 0.25) is 0 Å². The van der Waals surface area contributed by atoms with E-state index in [0.29, 0.717) is 5.92 Å². The number of aromatic nitrogens is 2. The molecule has 0 bridgehead atoms. The van der Waals surface area contributed by atoms with E-state index >= 15 is 0 Å². The highest BCUT2D eigenvalue weighted by Gasteiger charge is 2.24. The fourth-order valence-corrected chi connectivity index (χ4v) is 3.38. The molecule has 2 aromatic carbocycles. The molecule has 3 aromatic rings. The third-order valence-corrected chi connectivity index (χ3v) is 4.24. The van der Waals surface area contributed by atoms with Crippen LogP contribution in [0.4, 0.5) is 0 Å². The van der Waals surface area contributed by atoms with Crippen LogP contribution >= 0.6 is 0 Å². The van der Waals surface area contributed by atoms with E-state index < -0.39 is 0 Å². The Hall–Kier alpha value is -2.09. The lowest BCUT2D eigenvalue weighted by atomic mass is 9.78. The van der Waals surface area contributed by atoms with E-state index in [4.69, 9.17) is 0 Å². The Morgan fingerprint density at radius 1 is 1.11 bits per heavy atom. The molecule has 0 saturated carbocycles. The standard InChI is InChI=1S/C17H16N2/c1-2-6-14-12(4-1)8-9-13-5-3-7-15(17(13)14)16-10-18-11-19-16/h1-2,4,6,8-11,15H,3,5,7H2,(H,18,19)/t15-/m0/s1. The predicted molar refractivity (Wildman–Crippen MR) is 77.3 cm³/mol. The fraction of sp³-hybridized carbons (Fsp3) is 0.235. The quantitative estimate of drug-likeness (QED) is 0.692. The average molecular weight is 248 g/mol. The van der Waals surface area contributed by atoms with Crippen molar-refractivity contribution in [3.63, 3.8) is 0 Å². The third-order valence-electron chi connectivity index (χ3n) is 4.24. The number of imidazole rings is 1. The van der Waals surface area contributed by atoms with Gasteiger partial charge < -0.3 is 4.98 Å². The molecule has 0 radical (unpaired) electrons. The molecule has 94 valence electrons. The summed E-state index contributed by atoms with van der Waals surface area (Å²) in [6.07, 6.45) is 7.43. The lowest BCUT2D eigenvalue weighted by Crippen LogP contribution is -2.12. The minimum absolute atomic E-state index is 0.470. The number of hydrogen-bond donors (Lipinski definition) is 1. The first kappa shape index (κ1) is 10.8. The van der Waals surface area contributed by atoms with Crippen LogP contribution < -0.4 is 0 Å². The normalized spacial score (nSPS) is 18.4. The summed E-state index contributed by atoms with van der Waals surface area (Å²) in [6, 6.07) is 13.3. The fourth-order valence-electron chi connectivity index (χ4n) is 3.38. The van der Waals surface area contributed by atoms with E-state index in [1.165, 1.54) is 46.9 Å². The predicted octanol–water partition coefficient (Wildman–Crippen LogP) is 4.03. The second kappa shape index (κ2) is 4.23. The minimum atomic E-state index is 0.470. The van der Waals surface area contributed by atoms with Crippen LogP contribution in [0.5, 0.6) is 0 Å². The smallest absolute Gasteiger partial charge is 0.0921 e. The molecule has 1 aliphatic rings. The van der Waals surface area contributed by atoms with Gasteiger partial charge in [0.1, 0.15) is 0 Å². The van der Waals surface area contributed by atoms with E-state index in [-0.39, 0.29) is 0 Å². The van der Waals surface area contributed by atoms with Crippen LogP contribution in [-0.2, 0) is 6.42 Å². The van der Waals surface area contributed by atoms with Crippen molar-refractivity contribution < 1.29 is 0 Å². The van der Waals surface area contributed by atoms with Crippen molar-refractivity contribution in [2.75, 3.05) is 0 Å². The second-order valence-corrected chi connectivity index (χ2v) is 5.31. The number of fused-ring (bicyclic) bond motifs is 3. The number of hydrogen-bond acceptors (Lipinski definition) is 1. The number of H-pyrrole nitrogens is 1. The molecule has 0 saturated heterocycles. The Morgan fingerprint density at radius 2 is 2.05 bits per heavy atom. The van der Waals surface area contributed by atoms with Crippen LogP contribution in [0, 0.1) is 0 Å². The minimum Gasteiger partial charge on any atom is -0.348 e. The first-order valence-corrected chi connectivity index (χ1v) is 6.92. The Kier molecular flexibility index (Phi) is 2.41. The molecular formula is C17H16N2. The molecule has 1 heterocycles. The number of nitrogens with zero attached hydrogens (tertiary/aromatic N) is 1. The Labute approximate surface area is 112 Å². The van der Waals surface area contributed by atoms with Gasteiger partial charge in [-0.25, -0.2) is 4.98 Å². The summed E-state index contributed by atoms with van der Waals surface area (Å²) in [7, 11) is 0. The zero-order valence-electron chi connectivity index (χ0n) is 10.8. The van der Waals surface area contributed by atoms with Gasteiger partial charge in [-0.2, -0.15) is 0 Å². The molecule has 0 unspecified atom stereocenters. The Morgan fingerprint density at radius 3 is 2.95 bits per heavy atom. The van der Waals surface area contributed by atoms with Gasteiger partial charge in [0.05, 0.1) is 6.33 Å². The molecule has 2 nitrogen and oxygen atoms in total. The van der Waals surface area contributed by atoms with Gasteiger partial charge in [-0.05, 0) is 41.2 Å². The molecule has 1 N–H and O–H groups in total. The summed E-state index contributed by atoms with van der Waals surface area (Å²) in [5.74, 6) is 0.470. The summed E-state index contributed by atoms with van der Waals surface area (Å²) in [4.78, 5) is 7.50. The number of rotatable bonds is 1. The van der Waals surface area contributed by atoms with Crippen molar-refractivity contribution in [2.45, 2.75) is 25.2 Å². The highest BCUT2D eigenvalue weighted by atomic mass is 14.9. The molecule has 19 heavy (non-hydrogen) atoms. The van der Waals surface area contributed by atoms with E-state index in [2.05, 4.69) is 46.4 Å². The Balaban J connectivity index is 2.00. The second-order valence-electron chi connectivity index (χ2n) is 5.31. The van der Waals surface area contributed by atoms with Crippen molar-refractivity contribution >= 4 is 10.8 Å². The van der Waals surface area contributed by atoms with Crippen LogP contribution in [0.2, 0.25) is 0 Å². The molecule has 0 amide bonds. The average Bonchev–Trinajstić information content (AvgIpc) is 3.00. The summed E-state index contributed by atoms with van der Waals surface area (Å²) < 4.78 is 0. The van der Waals surface area contributed by atoms with Gasteiger partial charge in [-0.15, -0.1) is 0 Å². The van der Waals surface area contributed by atoms with Gasteiger partial charge in [-0.1, -0.05) is 36.4 Å². The molecule has 1 atom stereocenters. The molecule has 1 aliphatic carbocycles. The van der Waals surface area contributed by atoms with Crippen molar-refractivity contribution in [2.24, 2.45) is 0 Å². The van der Waals surface area contributed by atoms with Crippen LogP contribution in [0.15, 0.2) is 48.9 Å². The summed E-state index contributed by atoms with van der Waals surface area (Å²) >= 11 is 0. The molecule has 0 fully saturated rings. The van der Waals surface area contributed by atoms with Gasteiger partial charge in [-0.3, -0.25) is 0 Å². The molecule has 4 rings (SSSR count). The first-order chi connectivity index (χ1) is 9.43. The SMILES string of the molecule is c1ccc2c3c(ccc2c1)CCC[C@H]3c1cnc[nH]1. The highest BCUT2D eigenvalue weighted by molar-refractivity contribution is 5.87. The maximum Gasteiger partial charge on any atom is 0.0921 e. The monoisotopic (exact) mass is 248 g/mol. The van der Waals surface area contributed by atoms with Crippen LogP contribution in [-0.4, -0.2) is 9.97 Å². The lowest BCUT2D eigenvalue weighted by molar-refractivity contribution is 0.611. The zero-order chi connectivity index (χ0) is 12.7. The van der Waals surface area contributed by atoms with Crippen molar-refractivity contribution in [3.8, 4) is 0 Å². The number of aryl methyl sites for hydroxylation is 1. The third kappa shape index (κ3) is 1.67. The lowest BCUT2D eigenvalue weighted by Gasteiger charge is -2.26. The van der Waals surface area contributed by atoms with Gasteiger partial charge in [0.25, 0.3) is 0 Å². The number of aromatic amines is 1. The van der Waals surface area contributed by atoms with E-state index in [9.17, 15) is 0 Å². The molecule has 1 aromatic heterocycles. The van der Waals surface area contributed by atoms with E-state index in [1.807, 2.05) is 6.20 Å². The zero-order valence-corrected chi connectivity index (χ0v) is 10.8. The van der Waals surface area contributed by atoms with E-state index in [1.54, 1.807) is 6.33 Å². The van der Waals surface area contributed by atoms with Crippen molar-refractivity contribution in [1.29, 1.82) is 0 Å². The maximum absolute atomic E-state index is 4.19. The van der Waals surface area contributed by atoms with Crippen LogP contribution in [0.1, 0.15) is 35.6 Å². The summed E-state index contributed by atoms with van der Waals surface area (Å²) in [5.41, 5.74) is 4.26. The van der Waals surface area contributed by atoms with Gasteiger partial charge >= 0.3 is 0 Å². The van der Waals surface area contributed by atoms with E-state index in [0.717, 1.165) is 0 Å². The number of nitrogens with one attached hydrogen (secondary N) is 1. The topological polar surface area (TPSA) is 28.7 Å². The van der Waals surface area contributed by atoms with Gasteiger partial charge in [0, 0.05) is 17.8 Å². The van der Waals surface area contributed by atoms with Crippen LogP contribution in [0.25, 0.3) is 10.8 Å². The number of benzene rings is 2. The van der Waals surface area contributed by atoms with Crippen molar-refractivity contribution in [1.82, 2.24) is 9.97 Å². The molecule has 2 heteroatoms. The first-order valence-electron chi connectivity index (χ1n) is 6.92. The van der Waals surface area contributed by atoms with Crippen molar-refractivity contribution in [3.05, 3.63) is 65.7 Å². The maximum atomic E-state index is 4.19. The largest absolute Gasteiger partial charge is 0.348 e. The summed E-state index contributed by atoms with van der Waals surface area (Å²) in [5, 5.41) is 2.74. The molecule has 0 spiro atoms. The molecular weight excluding hydrogens is 232 g/mol. The summed E-state index contributed by atoms with van der Waals surface area (Å²) in [6.45, 7) is 0. The van der Waals surface area contributed by atoms with Crippen LogP contribution in [0.3, 0.4) is 0 Å². The molecule has 0 aliphatic heterocycles. The Bertz CT molecular complexity index is 713.